The Morgan fingerprint density at radius 2 is 1.94 bits per heavy atom. The SMILES string of the molecule is CCc1cc(C)ccc1OCc1cccc(F)c1. The number of rotatable bonds is 4. The van der Waals surface area contributed by atoms with Gasteiger partial charge >= 0.3 is 0 Å². The van der Waals surface area contributed by atoms with Gasteiger partial charge in [-0.15, -0.1) is 0 Å². The predicted octanol–water partition coefficient (Wildman–Crippen LogP) is 4.28. The molecule has 0 aliphatic carbocycles. The Bertz CT molecular complexity index is 534. The van der Waals surface area contributed by atoms with E-state index in [1.807, 2.05) is 18.2 Å². The molecule has 2 aromatic carbocycles. The van der Waals surface area contributed by atoms with Gasteiger partial charge in [0.25, 0.3) is 0 Å². The van der Waals surface area contributed by atoms with Gasteiger partial charge in [-0.25, -0.2) is 4.39 Å². The van der Waals surface area contributed by atoms with Gasteiger partial charge in [-0.05, 0) is 42.7 Å². The molecule has 0 heterocycles. The van der Waals surface area contributed by atoms with E-state index in [2.05, 4.69) is 19.9 Å². The summed E-state index contributed by atoms with van der Waals surface area (Å²) in [5, 5.41) is 0. The van der Waals surface area contributed by atoms with Crippen LogP contribution in [0.1, 0.15) is 23.6 Å². The molecule has 94 valence electrons. The van der Waals surface area contributed by atoms with Crippen LogP contribution in [-0.2, 0) is 13.0 Å². The molecule has 0 unspecified atom stereocenters. The lowest BCUT2D eigenvalue weighted by Gasteiger charge is -2.11. The summed E-state index contributed by atoms with van der Waals surface area (Å²) >= 11 is 0. The average molecular weight is 244 g/mol. The normalized spacial score (nSPS) is 10.4. The molecule has 2 heteroatoms. The Morgan fingerprint density at radius 1 is 1.11 bits per heavy atom. The third-order valence-electron chi connectivity index (χ3n) is 2.88. The highest BCUT2D eigenvalue weighted by atomic mass is 19.1. The third kappa shape index (κ3) is 3.10. The van der Waals surface area contributed by atoms with E-state index < -0.39 is 0 Å². The minimum Gasteiger partial charge on any atom is -0.489 e. The van der Waals surface area contributed by atoms with Crippen LogP contribution in [0.25, 0.3) is 0 Å². The van der Waals surface area contributed by atoms with E-state index in [9.17, 15) is 4.39 Å². The van der Waals surface area contributed by atoms with Crippen molar-refractivity contribution < 1.29 is 9.13 Å². The van der Waals surface area contributed by atoms with Crippen molar-refractivity contribution in [1.82, 2.24) is 0 Å². The molecular weight excluding hydrogens is 227 g/mol. The summed E-state index contributed by atoms with van der Waals surface area (Å²) in [5.74, 6) is 0.656. The molecule has 0 saturated heterocycles. The molecule has 0 amide bonds. The smallest absolute Gasteiger partial charge is 0.123 e. The van der Waals surface area contributed by atoms with Crippen molar-refractivity contribution in [3.8, 4) is 5.75 Å². The van der Waals surface area contributed by atoms with Crippen LogP contribution in [0.5, 0.6) is 5.75 Å². The Balaban J connectivity index is 2.10. The lowest BCUT2D eigenvalue weighted by molar-refractivity contribution is 0.302. The van der Waals surface area contributed by atoms with Crippen molar-refractivity contribution in [2.75, 3.05) is 0 Å². The predicted molar refractivity (Wildman–Crippen MR) is 71.3 cm³/mol. The van der Waals surface area contributed by atoms with Crippen molar-refractivity contribution in [3.63, 3.8) is 0 Å². The number of benzene rings is 2. The van der Waals surface area contributed by atoms with E-state index in [-0.39, 0.29) is 5.82 Å². The van der Waals surface area contributed by atoms with Crippen molar-refractivity contribution in [2.24, 2.45) is 0 Å². The van der Waals surface area contributed by atoms with Crippen LogP contribution in [0.15, 0.2) is 42.5 Å². The van der Waals surface area contributed by atoms with Crippen molar-refractivity contribution in [3.05, 3.63) is 65.0 Å². The molecule has 0 aliphatic heterocycles. The second-order valence-electron chi connectivity index (χ2n) is 4.38. The summed E-state index contributed by atoms with van der Waals surface area (Å²) in [6.07, 6.45) is 0.931. The van der Waals surface area contributed by atoms with E-state index in [1.165, 1.54) is 23.3 Å². The first kappa shape index (κ1) is 12.6. The van der Waals surface area contributed by atoms with Crippen LogP contribution in [0.4, 0.5) is 4.39 Å². The fourth-order valence-corrected chi connectivity index (χ4v) is 1.91. The van der Waals surface area contributed by atoms with E-state index >= 15 is 0 Å². The van der Waals surface area contributed by atoms with Crippen molar-refractivity contribution in [1.29, 1.82) is 0 Å². The third-order valence-corrected chi connectivity index (χ3v) is 2.88. The zero-order chi connectivity index (χ0) is 13.0. The lowest BCUT2D eigenvalue weighted by atomic mass is 10.1. The van der Waals surface area contributed by atoms with Gasteiger partial charge in [0, 0.05) is 0 Å². The fourth-order valence-electron chi connectivity index (χ4n) is 1.91. The summed E-state index contributed by atoms with van der Waals surface area (Å²) < 4.78 is 18.8. The second-order valence-corrected chi connectivity index (χ2v) is 4.38. The molecular formula is C16H17FO. The first-order chi connectivity index (χ1) is 8.69. The molecule has 0 bridgehead atoms. The molecule has 2 aromatic rings. The second kappa shape index (κ2) is 5.67. The summed E-state index contributed by atoms with van der Waals surface area (Å²) in [7, 11) is 0. The fraction of sp³-hybridized carbons (Fsp3) is 0.250. The van der Waals surface area contributed by atoms with Gasteiger partial charge in [0.1, 0.15) is 18.2 Å². The van der Waals surface area contributed by atoms with Gasteiger partial charge in [-0.2, -0.15) is 0 Å². The highest BCUT2D eigenvalue weighted by molar-refractivity contribution is 5.37. The van der Waals surface area contributed by atoms with E-state index in [1.54, 1.807) is 6.07 Å². The van der Waals surface area contributed by atoms with Gasteiger partial charge in [-0.1, -0.05) is 36.8 Å². The summed E-state index contributed by atoms with van der Waals surface area (Å²) in [6, 6.07) is 12.6. The first-order valence-corrected chi connectivity index (χ1v) is 6.16. The van der Waals surface area contributed by atoms with Crippen molar-refractivity contribution in [2.45, 2.75) is 26.9 Å². The van der Waals surface area contributed by atoms with Gasteiger partial charge in [0.2, 0.25) is 0 Å². The summed E-state index contributed by atoms with van der Waals surface area (Å²) in [6.45, 7) is 4.56. The van der Waals surface area contributed by atoms with Crippen LogP contribution in [0.2, 0.25) is 0 Å². The van der Waals surface area contributed by atoms with Gasteiger partial charge in [-0.3, -0.25) is 0 Å². The van der Waals surface area contributed by atoms with Gasteiger partial charge in [0.05, 0.1) is 0 Å². The number of hydrogen-bond donors (Lipinski definition) is 0. The maximum absolute atomic E-state index is 13.0. The van der Waals surface area contributed by atoms with Crippen LogP contribution in [0.3, 0.4) is 0 Å². The summed E-state index contributed by atoms with van der Waals surface area (Å²) in [5.41, 5.74) is 3.26. The minimum absolute atomic E-state index is 0.226. The molecule has 2 rings (SSSR count). The molecule has 0 fully saturated rings. The maximum atomic E-state index is 13.0. The van der Waals surface area contributed by atoms with Crippen LogP contribution >= 0.6 is 0 Å². The minimum atomic E-state index is -0.226. The van der Waals surface area contributed by atoms with Crippen LogP contribution in [-0.4, -0.2) is 0 Å². The quantitative estimate of drug-likeness (QED) is 0.780. The number of aryl methyl sites for hydroxylation is 2. The van der Waals surface area contributed by atoms with E-state index in [4.69, 9.17) is 4.74 Å². The van der Waals surface area contributed by atoms with Crippen molar-refractivity contribution >= 4 is 0 Å². The molecule has 0 saturated carbocycles. The zero-order valence-electron chi connectivity index (χ0n) is 10.7. The lowest BCUT2D eigenvalue weighted by Crippen LogP contribution is -1.99. The molecule has 0 N–H and O–H groups in total. The number of ether oxygens (including phenoxy) is 1. The van der Waals surface area contributed by atoms with Gasteiger partial charge in [0.15, 0.2) is 0 Å². The standard InChI is InChI=1S/C16H17FO/c1-3-14-9-12(2)7-8-16(14)18-11-13-5-4-6-15(17)10-13/h4-10H,3,11H2,1-2H3. The van der Waals surface area contributed by atoms with Crippen LogP contribution < -0.4 is 4.74 Å². The molecule has 18 heavy (non-hydrogen) atoms. The van der Waals surface area contributed by atoms with E-state index in [0.29, 0.717) is 6.61 Å². The average Bonchev–Trinajstić information content (AvgIpc) is 2.37. The highest BCUT2D eigenvalue weighted by Gasteiger charge is 2.03. The molecule has 0 aromatic heterocycles. The molecule has 0 radical (unpaired) electrons. The first-order valence-electron chi connectivity index (χ1n) is 6.16. The van der Waals surface area contributed by atoms with Gasteiger partial charge < -0.3 is 4.74 Å². The summed E-state index contributed by atoms with van der Waals surface area (Å²) in [4.78, 5) is 0. The Kier molecular flexibility index (Phi) is 3.98. The Hall–Kier alpha value is -1.83. The largest absolute Gasteiger partial charge is 0.489 e. The number of halogens is 1. The maximum Gasteiger partial charge on any atom is 0.123 e. The topological polar surface area (TPSA) is 9.23 Å². The highest BCUT2D eigenvalue weighted by Crippen LogP contribution is 2.21. The molecule has 1 nitrogen and oxygen atoms in total. The molecule has 0 atom stereocenters. The van der Waals surface area contributed by atoms with Crippen LogP contribution in [0, 0.1) is 12.7 Å². The molecule has 0 aliphatic rings. The molecule has 0 spiro atoms. The Morgan fingerprint density at radius 3 is 2.67 bits per heavy atom. The Labute approximate surface area is 107 Å². The number of hydrogen-bond acceptors (Lipinski definition) is 1. The zero-order valence-corrected chi connectivity index (χ0v) is 10.7. The van der Waals surface area contributed by atoms with E-state index in [0.717, 1.165) is 17.7 Å². The monoisotopic (exact) mass is 244 g/mol.